The van der Waals surface area contributed by atoms with Crippen LogP contribution >= 0.6 is 22.7 Å². The summed E-state index contributed by atoms with van der Waals surface area (Å²) < 4.78 is 1.30. The first-order chi connectivity index (χ1) is 10.8. The second-order valence-corrected chi connectivity index (χ2v) is 6.96. The van der Waals surface area contributed by atoms with E-state index < -0.39 is 0 Å². The number of carbonyl (C=O) groups excluding carboxylic acids is 1. The highest BCUT2D eigenvalue weighted by Crippen LogP contribution is 2.25. The SMILES string of the molecule is O=C(NCCc1cccs1)NCCc1csc2ccccc12. The second kappa shape index (κ2) is 7.42. The molecule has 0 aliphatic rings. The molecule has 3 rings (SSSR count). The van der Waals surface area contributed by atoms with E-state index in [1.165, 1.54) is 20.5 Å². The number of benzene rings is 1. The number of hydrogen-bond acceptors (Lipinski definition) is 3. The van der Waals surface area contributed by atoms with E-state index >= 15 is 0 Å². The second-order valence-electron chi connectivity index (χ2n) is 5.02. The van der Waals surface area contributed by atoms with E-state index in [0.29, 0.717) is 13.1 Å². The summed E-state index contributed by atoms with van der Waals surface area (Å²) in [4.78, 5) is 13.0. The van der Waals surface area contributed by atoms with Gasteiger partial charge >= 0.3 is 6.03 Å². The molecular weight excluding hydrogens is 312 g/mol. The van der Waals surface area contributed by atoms with E-state index in [1.54, 1.807) is 22.7 Å². The van der Waals surface area contributed by atoms with Gasteiger partial charge in [0.05, 0.1) is 0 Å². The van der Waals surface area contributed by atoms with Crippen LogP contribution in [0.2, 0.25) is 0 Å². The van der Waals surface area contributed by atoms with Crippen LogP contribution in [0.3, 0.4) is 0 Å². The lowest BCUT2D eigenvalue weighted by atomic mass is 10.1. The Morgan fingerprint density at radius 2 is 1.77 bits per heavy atom. The monoisotopic (exact) mass is 330 g/mol. The summed E-state index contributed by atoms with van der Waals surface area (Å²) in [5, 5.41) is 11.4. The Morgan fingerprint density at radius 1 is 0.955 bits per heavy atom. The molecule has 0 spiro atoms. The predicted octanol–water partition coefficient (Wildman–Crippen LogP) is 4.05. The molecule has 0 bridgehead atoms. The van der Waals surface area contributed by atoms with Crippen molar-refractivity contribution < 1.29 is 4.79 Å². The minimum absolute atomic E-state index is 0.0870. The lowest BCUT2D eigenvalue weighted by molar-refractivity contribution is 0.241. The van der Waals surface area contributed by atoms with Crippen molar-refractivity contribution in [2.75, 3.05) is 13.1 Å². The Balaban J connectivity index is 1.40. The molecule has 0 atom stereocenters. The molecule has 0 saturated heterocycles. The maximum Gasteiger partial charge on any atom is 0.314 e. The molecule has 0 aliphatic heterocycles. The van der Waals surface area contributed by atoms with Gasteiger partial charge in [-0.2, -0.15) is 0 Å². The molecule has 114 valence electrons. The zero-order chi connectivity index (χ0) is 15.2. The molecule has 2 N–H and O–H groups in total. The lowest BCUT2D eigenvalue weighted by Crippen LogP contribution is -2.37. The average molecular weight is 330 g/mol. The number of thiophene rings is 2. The van der Waals surface area contributed by atoms with Gasteiger partial charge in [-0.3, -0.25) is 0 Å². The highest BCUT2D eigenvalue weighted by molar-refractivity contribution is 7.17. The molecule has 0 radical (unpaired) electrons. The molecule has 22 heavy (non-hydrogen) atoms. The summed E-state index contributed by atoms with van der Waals surface area (Å²) in [5.41, 5.74) is 1.31. The maximum absolute atomic E-state index is 11.7. The Labute approximate surface area is 138 Å². The van der Waals surface area contributed by atoms with Crippen LogP contribution < -0.4 is 10.6 Å². The fourth-order valence-corrected chi connectivity index (χ4v) is 4.06. The third kappa shape index (κ3) is 3.87. The Morgan fingerprint density at radius 3 is 2.59 bits per heavy atom. The topological polar surface area (TPSA) is 41.1 Å². The van der Waals surface area contributed by atoms with Crippen molar-refractivity contribution in [3.05, 3.63) is 57.6 Å². The summed E-state index contributed by atoms with van der Waals surface area (Å²) in [5.74, 6) is 0. The summed E-state index contributed by atoms with van der Waals surface area (Å²) in [6.07, 6.45) is 1.75. The minimum Gasteiger partial charge on any atom is -0.338 e. The van der Waals surface area contributed by atoms with E-state index in [9.17, 15) is 4.79 Å². The van der Waals surface area contributed by atoms with Crippen LogP contribution in [0.4, 0.5) is 4.79 Å². The quantitative estimate of drug-likeness (QED) is 0.703. The number of urea groups is 1. The van der Waals surface area contributed by atoms with Crippen molar-refractivity contribution in [1.82, 2.24) is 10.6 Å². The van der Waals surface area contributed by atoms with E-state index in [-0.39, 0.29) is 6.03 Å². The van der Waals surface area contributed by atoms with Gasteiger partial charge in [0.15, 0.2) is 0 Å². The van der Waals surface area contributed by atoms with Crippen molar-refractivity contribution in [2.24, 2.45) is 0 Å². The number of fused-ring (bicyclic) bond motifs is 1. The fraction of sp³-hybridized carbons (Fsp3) is 0.235. The molecule has 3 nitrogen and oxygen atoms in total. The molecule has 0 fully saturated rings. The van der Waals surface area contributed by atoms with Crippen LogP contribution in [-0.2, 0) is 12.8 Å². The standard InChI is InChI=1S/C17H18N2OS2/c20-17(19-10-8-14-4-3-11-21-14)18-9-7-13-12-22-16-6-2-1-5-15(13)16/h1-6,11-12H,7-10H2,(H2,18,19,20). The molecule has 2 aromatic heterocycles. The maximum atomic E-state index is 11.7. The molecule has 3 aromatic rings. The molecular formula is C17H18N2OS2. The Kier molecular flexibility index (Phi) is 5.08. The lowest BCUT2D eigenvalue weighted by Gasteiger charge is -2.06. The van der Waals surface area contributed by atoms with Crippen LogP contribution in [0.5, 0.6) is 0 Å². The number of amides is 2. The first-order valence-corrected chi connectivity index (χ1v) is 9.08. The number of carbonyl (C=O) groups is 1. The van der Waals surface area contributed by atoms with E-state index in [1.807, 2.05) is 6.07 Å². The molecule has 0 aliphatic carbocycles. The van der Waals surface area contributed by atoms with Crippen molar-refractivity contribution in [1.29, 1.82) is 0 Å². The van der Waals surface area contributed by atoms with Crippen molar-refractivity contribution >= 4 is 38.8 Å². The van der Waals surface area contributed by atoms with Crippen LogP contribution in [0.15, 0.2) is 47.2 Å². The van der Waals surface area contributed by atoms with E-state index in [0.717, 1.165) is 12.8 Å². The summed E-state index contributed by atoms with van der Waals surface area (Å²) in [7, 11) is 0. The Hall–Kier alpha value is -1.85. The average Bonchev–Trinajstić information content (AvgIpc) is 3.17. The van der Waals surface area contributed by atoms with E-state index in [4.69, 9.17) is 0 Å². The first-order valence-electron chi connectivity index (χ1n) is 7.32. The normalized spacial score (nSPS) is 10.7. The third-order valence-electron chi connectivity index (χ3n) is 3.48. The van der Waals surface area contributed by atoms with Gasteiger partial charge in [-0.25, -0.2) is 4.79 Å². The van der Waals surface area contributed by atoms with Crippen LogP contribution in [0.25, 0.3) is 10.1 Å². The fourth-order valence-electron chi connectivity index (χ4n) is 2.35. The van der Waals surface area contributed by atoms with Gasteiger partial charge in [0.2, 0.25) is 0 Å². The number of rotatable bonds is 6. The van der Waals surface area contributed by atoms with E-state index in [2.05, 4.69) is 51.7 Å². The van der Waals surface area contributed by atoms with Gasteiger partial charge in [0, 0.05) is 22.7 Å². The zero-order valence-electron chi connectivity index (χ0n) is 12.2. The Bertz CT molecular complexity index is 734. The summed E-state index contributed by atoms with van der Waals surface area (Å²) in [6, 6.07) is 12.4. The predicted molar refractivity (Wildman–Crippen MR) is 95.0 cm³/mol. The van der Waals surface area contributed by atoms with Gasteiger partial charge in [-0.1, -0.05) is 24.3 Å². The molecule has 2 heterocycles. The number of hydrogen-bond donors (Lipinski definition) is 2. The molecule has 0 saturated carbocycles. The summed E-state index contributed by atoms with van der Waals surface area (Å²) in [6.45, 7) is 1.33. The molecule has 2 amide bonds. The van der Waals surface area contributed by atoms with Gasteiger partial charge in [-0.05, 0) is 46.7 Å². The summed E-state index contributed by atoms with van der Waals surface area (Å²) >= 11 is 3.48. The first kappa shape index (κ1) is 15.1. The van der Waals surface area contributed by atoms with Crippen molar-refractivity contribution in [3.63, 3.8) is 0 Å². The van der Waals surface area contributed by atoms with Crippen LogP contribution in [-0.4, -0.2) is 19.1 Å². The number of nitrogens with one attached hydrogen (secondary N) is 2. The van der Waals surface area contributed by atoms with Gasteiger partial charge in [-0.15, -0.1) is 22.7 Å². The van der Waals surface area contributed by atoms with Gasteiger partial charge in [0.1, 0.15) is 0 Å². The minimum atomic E-state index is -0.0870. The highest BCUT2D eigenvalue weighted by atomic mass is 32.1. The largest absolute Gasteiger partial charge is 0.338 e. The van der Waals surface area contributed by atoms with Crippen LogP contribution in [0.1, 0.15) is 10.4 Å². The van der Waals surface area contributed by atoms with Crippen molar-refractivity contribution in [3.8, 4) is 0 Å². The molecule has 5 heteroatoms. The van der Waals surface area contributed by atoms with Gasteiger partial charge in [0.25, 0.3) is 0 Å². The smallest absolute Gasteiger partial charge is 0.314 e. The zero-order valence-corrected chi connectivity index (χ0v) is 13.8. The van der Waals surface area contributed by atoms with Gasteiger partial charge < -0.3 is 10.6 Å². The third-order valence-corrected chi connectivity index (χ3v) is 5.43. The highest BCUT2D eigenvalue weighted by Gasteiger charge is 2.04. The van der Waals surface area contributed by atoms with Crippen LogP contribution in [0, 0.1) is 0 Å². The molecule has 0 unspecified atom stereocenters. The molecule has 1 aromatic carbocycles. The van der Waals surface area contributed by atoms with Crippen molar-refractivity contribution in [2.45, 2.75) is 12.8 Å².